The minimum Gasteiger partial charge on any atom is -0.508 e. The average Bonchev–Trinajstić information content (AvgIpc) is 2.73. The predicted octanol–water partition coefficient (Wildman–Crippen LogP) is -5.30. The molecule has 3 aliphatic heterocycles. The standard InChI is InChI=1S/C57H90N18O16/c1-30(2)27-38(71-47(82)34-18-20-44(78)66-34)49(84)72-39(28-31-14-16-32(76)17-15-31)50(85)67-35(19-21-45(79)80)48(83)73-40(29-43(59)77)51(86)70-36(9-3-4-22-58)53(88)74-25-7-12-41(74)52(87)68-33(10-5-23-64-56(60)61)46(81)69-37(11-6-24-65-57(62)63)54(89)75-26-8-13-42(75)55(90)91/h14-17,30,33-42,76H,3-13,18-29,58H2,1-2H3,(H2,59,77)(H,66,78)(H,67,85)(H,68,87)(H,69,81)(H,70,86)(H,71,82)(H,72,84)(H,73,83)(H,79,80)(H,90,91)(H4,60,61,64)(H4,62,63,65)/t33-,34+,35+,36+,37+,38+,39-,40+,41-,42-/m0/s1. The topological polar surface area (TPSA) is 566 Å². The number of nitrogens with one attached hydrogen (secondary N) is 8. The monoisotopic (exact) mass is 1280 g/mol. The molecule has 0 aliphatic carbocycles. The molecule has 0 unspecified atom stereocenters. The zero-order valence-corrected chi connectivity index (χ0v) is 51.3. The van der Waals surface area contributed by atoms with Gasteiger partial charge in [0.1, 0.15) is 66.2 Å². The van der Waals surface area contributed by atoms with Gasteiger partial charge in [0.2, 0.25) is 65.0 Å². The number of hydrogen-bond donors (Lipinski definition) is 17. The van der Waals surface area contributed by atoms with Gasteiger partial charge in [0, 0.05) is 45.4 Å². The molecule has 0 radical (unpaired) electrons. The maximum Gasteiger partial charge on any atom is 0.326 e. The summed E-state index contributed by atoms with van der Waals surface area (Å²) in [4.78, 5) is 187. The number of hydrogen-bond acceptors (Lipinski definition) is 17. The van der Waals surface area contributed by atoms with Crippen LogP contribution in [0.4, 0.5) is 0 Å². The number of unbranched alkanes of at least 4 members (excludes halogenated alkanes) is 1. The first-order valence-corrected chi connectivity index (χ1v) is 30.4. The van der Waals surface area contributed by atoms with Gasteiger partial charge in [-0.25, -0.2) is 4.79 Å². The number of nitrogens with zero attached hydrogens (tertiary/aromatic N) is 4. The van der Waals surface area contributed by atoms with Gasteiger partial charge in [-0.05, 0) is 120 Å². The lowest BCUT2D eigenvalue weighted by atomic mass is 10.00. The van der Waals surface area contributed by atoms with Gasteiger partial charge >= 0.3 is 11.9 Å². The van der Waals surface area contributed by atoms with Gasteiger partial charge in [-0.3, -0.25) is 67.5 Å². The first-order chi connectivity index (χ1) is 43.1. The number of aliphatic carboxylic acids is 2. The van der Waals surface area contributed by atoms with Gasteiger partial charge in [-0.1, -0.05) is 26.0 Å². The van der Waals surface area contributed by atoms with Crippen molar-refractivity contribution in [2.75, 3.05) is 32.7 Å². The number of primary amides is 1. The van der Waals surface area contributed by atoms with Crippen molar-refractivity contribution in [3.8, 4) is 5.75 Å². The van der Waals surface area contributed by atoms with E-state index in [1.54, 1.807) is 13.8 Å². The molecule has 10 atom stereocenters. The largest absolute Gasteiger partial charge is 0.508 e. The Hall–Kier alpha value is -9.37. The Bertz CT molecular complexity index is 2810. The molecular weight excluding hydrogens is 1190 g/mol. The quantitative estimate of drug-likeness (QED) is 0.0167. The molecular formula is C57H90N18O16. The summed E-state index contributed by atoms with van der Waals surface area (Å²) in [6.45, 7) is 3.87. The Labute approximate surface area is 525 Å². The number of carbonyl (C=O) groups is 13. The summed E-state index contributed by atoms with van der Waals surface area (Å²) in [5, 5.41) is 50.1. The Morgan fingerprint density at radius 1 is 0.582 bits per heavy atom. The van der Waals surface area contributed by atoms with Crippen LogP contribution in [0.15, 0.2) is 34.3 Å². The van der Waals surface area contributed by atoms with E-state index in [0.717, 1.165) is 4.90 Å². The van der Waals surface area contributed by atoms with Crippen LogP contribution in [0.2, 0.25) is 0 Å². The van der Waals surface area contributed by atoms with Crippen LogP contribution in [0.1, 0.15) is 129 Å². The second kappa shape index (κ2) is 36.9. The smallest absolute Gasteiger partial charge is 0.326 e. The maximum absolute atomic E-state index is 14.7. The van der Waals surface area contributed by atoms with Crippen LogP contribution in [-0.2, 0) is 68.7 Å². The number of carbonyl (C=O) groups excluding carboxylic acids is 11. The highest BCUT2D eigenvalue weighted by molar-refractivity contribution is 6.00. The number of amides is 11. The van der Waals surface area contributed by atoms with Crippen molar-refractivity contribution in [2.45, 2.75) is 190 Å². The third kappa shape index (κ3) is 24.9. The number of rotatable bonds is 38. The fourth-order valence-electron chi connectivity index (χ4n) is 10.7. The molecule has 4 rings (SSSR count). The van der Waals surface area contributed by atoms with Crippen LogP contribution in [0.5, 0.6) is 5.75 Å². The summed E-state index contributed by atoms with van der Waals surface area (Å²) in [7, 11) is 0. The summed E-state index contributed by atoms with van der Waals surface area (Å²) in [5.41, 5.74) is 33.8. The Balaban J connectivity index is 1.60. The molecule has 504 valence electrons. The van der Waals surface area contributed by atoms with Crippen LogP contribution in [0.25, 0.3) is 0 Å². The normalized spacial score (nSPS) is 18.3. The summed E-state index contributed by atoms with van der Waals surface area (Å²) < 4.78 is 0. The SMILES string of the molecule is CC(C)C[C@@H](NC(=O)[C@H]1CCC(=O)N1)C(=O)N[C@@H](Cc1ccc(O)cc1)C(=O)N[C@H](CCC(=O)O)C(=O)N[C@H](CC(N)=O)C(=O)N[C@H](CCCCN)C(=O)N1CCC[C@H]1C(=O)N[C@@H](CCCN=C(N)N)C(=O)N[C@H](CCCN=C(N)N)C(=O)N1CCC[C@H]1C(=O)O. The number of phenols is 1. The number of aromatic hydroxyl groups is 1. The predicted molar refractivity (Wildman–Crippen MR) is 326 cm³/mol. The first-order valence-electron chi connectivity index (χ1n) is 30.4. The molecule has 34 heteroatoms. The molecule has 0 bridgehead atoms. The molecule has 91 heavy (non-hydrogen) atoms. The second-order valence-electron chi connectivity index (χ2n) is 23.1. The lowest BCUT2D eigenvalue weighted by molar-refractivity contribution is -0.149. The van der Waals surface area contributed by atoms with Crippen LogP contribution in [0.3, 0.4) is 0 Å². The molecule has 34 nitrogen and oxygen atoms in total. The Kier molecular flexibility index (Phi) is 30.1. The number of carboxylic acid groups (broad SMARTS) is 2. The van der Waals surface area contributed by atoms with Gasteiger partial charge in [0.05, 0.1) is 6.42 Å². The molecule has 0 aromatic heterocycles. The number of phenolic OH excluding ortho intramolecular Hbond substituents is 1. The van der Waals surface area contributed by atoms with Crippen molar-refractivity contribution < 1.29 is 77.6 Å². The molecule has 0 saturated carbocycles. The lowest BCUT2D eigenvalue weighted by Gasteiger charge is -2.31. The second-order valence-corrected chi connectivity index (χ2v) is 23.1. The first kappa shape index (κ1) is 74.1. The highest BCUT2D eigenvalue weighted by atomic mass is 16.4. The molecule has 3 aliphatic rings. The van der Waals surface area contributed by atoms with Crippen LogP contribution in [-0.4, -0.2) is 207 Å². The van der Waals surface area contributed by atoms with E-state index in [4.69, 9.17) is 34.4 Å². The zero-order valence-electron chi connectivity index (χ0n) is 51.3. The van der Waals surface area contributed by atoms with Gasteiger partial charge in [-0.15, -0.1) is 0 Å². The van der Waals surface area contributed by atoms with Gasteiger partial charge in [0.25, 0.3) is 0 Å². The summed E-state index contributed by atoms with van der Waals surface area (Å²) in [6.07, 6.45) is -0.614. The van der Waals surface area contributed by atoms with E-state index >= 15 is 0 Å². The minimum atomic E-state index is -1.88. The summed E-state index contributed by atoms with van der Waals surface area (Å²) >= 11 is 0. The summed E-state index contributed by atoms with van der Waals surface area (Å²) in [6, 6.07) is -8.38. The number of aliphatic imine (C=N–C) groups is 2. The van der Waals surface area contributed by atoms with E-state index in [9.17, 15) is 77.6 Å². The van der Waals surface area contributed by atoms with E-state index in [1.165, 1.54) is 29.2 Å². The van der Waals surface area contributed by atoms with Gasteiger partial charge in [-0.2, -0.15) is 0 Å². The van der Waals surface area contributed by atoms with Crippen molar-refractivity contribution in [2.24, 2.45) is 50.3 Å². The number of likely N-dealkylation sites (tertiary alicyclic amines) is 2. The number of nitrogens with two attached hydrogens (primary N) is 6. The Morgan fingerprint density at radius 3 is 1.57 bits per heavy atom. The number of benzene rings is 1. The van der Waals surface area contributed by atoms with E-state index in [-0.39, 0.29) is 146 Å². The Morgan fingerprint density at radius 2 is 1.05 bits per heavy atom. The lowest BCUT2D eigenvalue weighted by Crippen LogP contribution is -2.61. The number of carboxylic acids is 2. The van der Waals surface area contributed by atoms with E-state index in [2.05, 4.69) is 52.5 Å². The molecule has 3 heterocycles. The fourth-order valence-corrected chi connectivity index (χ4v) is 10.7. The van der Waals surface area contributed by atoms with Crippen molar-refractivity contribution in [3.63, 3.8) is 0 Å². The van der Waals surface area contributed by atoms with Crippen molar-refractivity contribution in [1.29, 1.82) is 0 Å². The van der Waals surface area contributed by atoms with Gasteiger partial charge in [0.15, 0.2) is 11.9 Å². The molecule has 3 saturated heterocycles. The molecule has 1 aromatic rings. The van der Waals surface area contributed by atoms with E-state index in [1.807, 2.05) is 0 Å². The molecule has 23 N–H and O–H groups in total. The minimum absolute atomic E-state index is 0.0135. The average molecular weight is 1280 g/mol. The van der Waals surface area contributed by atoms with Gasteiger partial charge < -0.3 is 102 Å². The molecule has 1 aromatic carbocycles. The van der Waals surface area contributed by atoms with Crippen LogP contribution >= 0.6 is 0 Å². The molecule has 11 amide bonds. The maximum atomic E-state index is 14.7. The van der Waals surface area contributed by atoms with E-state index in [0.29, 0.717) is 18.4 Å². The summed E-state index contributed by atoms with van der Waals surface area (Å²) in [5.74, 6) is -12.9. The third-order valence-electron chi connectivity index (χ3n) is 15.3. The zero-order chi connectivity index (χ0) is 67.5. The van der Waals surface area contributed by atoms with Crippen molar-refractivity contribution >= 4 is 88.8 Å². The highest BCUT2D eigenvalue weighted by Gasteiger charge is 2.42. The third-order valence-corrected chi connectivity index (χ3v) is 15.3. The fraction of sp³-hybridized carbons (Fsp3) is 0.632. The molecule has 3 fully saturated rings. The van der Waals surface area contributed by atoms with E-state index < -0.39 is 151 Å². The van der Waals surface area contributed by atoms with Crippen molar-refractivity contribution in [3.05, 3.63) is 29.8 Å². The van der Waals surface area contributed by atoms with Crippen LogP contribution in [0, 0.1) is 5.92 Å². The van der Waals surface area contributed by atoms with Crippen molar-refractivity contribution in [1.82, 2.24) is 52.3 Å². The highest BCUT2D eigenvalue weighted by Crippen LogP contribution is 2.23. The van der Waals surface area contributed by atoms with Crippen LogP contribution < -0.4 is 76.9 Å². The number of guanidine groups is 2. The molecule has 0 spiro atoms.